The Bertz CT molecular complexity index is 578. The van der Waals surface area contributed by atoms with Crippen LogP contribution < -0.4 is 5.32 Å². The summed E-state index contributed by atoms with van der Waals surface area (Å²) in [6.45, 7) is 2.51. The van der Waals surface area contributed by atoms with Crippen LogP contribution in [0.1, 0.15) is 18.9 Å². The van der Waals surface area contributed by atoms with E-state index in [2.05, 4.69) is 48.2 Å². The number of hydrogen-bond acceptors (Lipinski definition) is 1. The van der Waals surface area contributed by atoms with Crippen LogP contribution in [0.5, 0.6) is 0 Å². The Kier molecular flexibility index (Phi) is 4.45. The van der Waals surface area contributed by atoms with Gasteiger partial charge in [0.05, 0.1) is 4.60 Å². The summed E-state index contributed by atoms with van der Waals surface area (Å²) in [5.41, 5.74) is 2.30. The molecule has 0 aliphatic rings. The van der Waals surface area contributed by atoms with Gasteiger partial charge in [-0.1, -0.05) is 22.9 Å². The number of halogens is 2. The van der Waals surface area contributed by atoms with Gasteiger partial charge in [-0.25, -0.2) is 0 Å². The number of aromatic amines is 1. The molecule has 1 aromatic carbocycles. The molecule has 0 atom stereocenters. The first-order chi connectivity index (χ1) is 8.61. The smallest absolute Gasteiger partial charge is 0.219 e. The Labute approximate surface area is 123 Å². The zero-order valence-corrected chi connectivity index (χ0v) is 13.2. The largest absolute Gasteiger partial charge is 0.356 e. The number of rotatable bonds is 4. The number of carbonyl (C=O) groups is 1. The minimum atomic E-state index is 0.0899. The molecule has 1 heterocycles. The van der Waals surface area contributed by atoms with Gasteiger partial charge in [0.25, 0.3) is 0 Å². The molecule has 0 saturated carbocycles. The Morgan fingerprint density at radius 1 is 1.39 bits per heavy atom. The number of aromatic nitrogens is 1. The molecule has 1 aromatic heterocycles. The molecule has 0 spiro atoms. The summed E-state index contributed by atoms with van der Waals surface area (Å²) in [6.07, 6.45) is 1.34. The van der Waals surface area contributed by atoms with Crippen LogP contribution in [0.15, 0.2) is 27.3 Å². The predicted molar refractivity (Wildman–Crippen MR) is 80.7 cm³/mol. The van der Waals surface area contributed by atoms with Crippen LogP contribution in [0.25, 0.3) is 10.9 Å². The normalized spacial score (nSPS) is 10.8. The van der Waals surface area contributed by atoms with E-state index in [1.54, 1.807) is 0 Å². The van der Waals surface area contributed by atoms with Crippen molar-refractivity contribution in [2.75, 3.05) is 6.54 Å². The summed E-state index contributed by atoms with van der Waals surface area (Å²) in [5, 5.41) is 4.07. The molecular formula is C13H14Br2N2O. The minimum Gasteiger partial charge on any atom is -0.356 e. The first kappa shape index (κ1) is 13.6. The molecule has 0 aliphatic heterocycles. The van der Waals surface area contributed by atoms with Crippen molar-refractivity contribution in [2.45, 2.75) is 19.8 Å². The van der Waals surface area contributed by atoms with Crippen LogP contribution in [0.3, 0.4) is 0 Å². The van der Waals surface area contributed by atoms with Crippen molar-refractivity contribution in [3.63, 3.8) is 0 Å². The van der Waals surface area contributed by atoms with Crippen molar-refractivity contribution in [3.8, 4) is 0 Å². The zero-order chi connectivity index (χ0) is 13.1. The maximum atomic E-state index is 11.2. The van der Waals surface area contributed by atoms with E-state index < -0.39 is 0 Å². The first-order valence-corrected chi connectivity index (χ1v) is 7.42. The summed E-state index contributed by atoms with van der Waals surface area (Å²) >= 11 is 7.01. The molecule has 0 fully saturated rings. The lowest BCUT2D eigenvalue weighted by Gasteiger charge is -2.03. The average Bonchev–Trinajstić information content (AvgIpc) is 2.65. The van der Waals surface area contributed by atoms with E-state index >= 15 is 0 Å². The van der Waals surface area contributed by atoms with Gasteiger partial charge in [0, 0.05) is 28.3 Å². The van der Waals surface area contributed by atoms with E-state index in [0.717, 1.165) is 21.0 Å². The topological polar surface area (TPSA) is 44.9 Å². The summed E-state index contributed by atoms with van der Waals surface area (Å²) in [5.74, 6) is 0.0899. The van der Waals surface area contributed by atoms with Crippen LogP contribution in [0.2, 0.25) is 0 Å². The molecule has 0 radical (unpaired) electrons. The molecule has 96 valence electrons. The summed E-state index contributed by atoms with van der Waals surface area (Å²) < 4.78 is 2.04. The average molecular weight is 374 g/mol. The van der Waals surface area contributed by atoms with Gasteiger partial charge in [-0.15, -0.1) is 0 Å². The molecule has 0 saturated heterocycles. The second-order valence-electron chi connectivity index (χ2n) is 4.06. The fourth-order valence-electron chi connectivity index (χ4n) is 1.88. The highest BCUT2D eigenvalue weighted by Crippen LogP contribution is 2.29. The van der Waals surface area contributed by atoms with E-state index in [1.165, 1.54) is 10.9 Å². The molecule has 3 nitrogen and oxygen atoms in total. The van der Waals surface area contributed by atoms with Gasteiger partial charge in [0.15, 0.2) is 0 Å². The van der Waals surface area contributed by atoms with Crippen molar-refractivity contribution in [1.29, 1.82) is 0 Å². The lowest BCUT2D eigenvalue weighted by Crippen LogP contribution is -2.24. The van der Waals surface area contributed by atoms with Crippen molar-refractivity contribution in [2.24, 2.45) is 0 Å². The first-order valence-electron chi connectivity index (χ1n) is 5.84. The number of fused-ring (bicyclic) bond motifs is 1. The molecule has 2 N–H and O–H groups in total. The molecule has 18 heavy (non-hydrogen) atoms. The number of H-pyrrole nitrogens is 1. The van der Waals surface area contributed by atoms with Crippen LogP contribution in [0, 0.1) is 0 Å². The molecule has 5 heteroatoms. The molecule has 2 rings (SSSR count). The van der Waals surface area contributed by atoms with Crippen molar-refractivity contribution in [1.82, 2.24) is 10.3 Å². The van der Waals surface area contributed by atoms with Gasteiger partial charge in [0.2, 0.25) is 5.91 Å². The zero-order valence-electron chi connectivity index (χ0n) is 10.0. The van der Waals surface area contributed by atoms with Gasteiger partial charge >= 0.3 is 0 Å². The van der Waals surface area contributed by atoms with Crippen LogP contribution in [0.4, 0.5) is 0 Å². The summed E-state index contributed by atoms with van der Waals surface area (Å²) in [6, 6.07) is 6.14. The molecule has 0 unspecified atom stereocenters. The second-order valence-corrected chi connectivity index (χ2v) is 5.77. The fourth-order valence-corrected chi connectivity index (χ4v) is 2.87. The third-order valence-corrected chi connectivity index (χ3v) is 4.00. The third-order valence-electron chi connectivity index (χ3n) is 2.83. The Hall–Kier alpha value is -0.810. The minimum absolute atomic E-state index is 0.0899. The van der Waals surface area contributed by atoms with E-state index in [-0.39, 0.29) is 5.91 Å². The second kappa shape index (κ2) is 5.89. The monoisotopic (exact) mass is 372 g/mol. The highest BCUT2D eigenvalue weighted by molar-refractivity contribution is 9.10. The molecule has 0 aliphatic carbocycles. The molecule has 1 amide bonds. The highest BCUT2D eigenvalue weighted by atomic mass is 79.9. The Morgan fingerprint density at radius 3 is 2.89 bits per heavy atom. The quantitative estimate of drug-likeness (QED) is 0.841. The maximum absolute atomic E-state index is 11.2. The van der Waals surface area contributed by atoms with E-state index in [0.29, 0.717) is 13.0 Å². The fraction of sp³-hybridized carbons (Fsp3) is 0.308. The van der Waals surface area contributed by atoms with Gasteiger partial charge in [-0.05, 0) is 46.1 Å². The molecule has 0 bridgehead atoms. The van der Waals surface area contributed by atoms with Gasteiger partial charge in [0.1, 0.15) is 0 Å². The molecule has 2 aromatic rings. The number of carbonyl (C=O) groups excluding carboxylic acids is 1. The maximum Gasteiger partial charge on any atom is 0.219 e. The van der Waals surface area contributed by atoms with Gasteiger partial charge < -0.3 is 10.3 Å². The lowest BCUT2D eigenvalue weighted by molar-refractivity contribution is -0.120. The van der Waals surface area contributed by atoms with Crippen molar-refractivity contribution in [3.05, 3.63) is 32.8 Å². The van der Waals surface area contributed by atoms with Gasteiger partial charge in [-0.3, -0.25) is 4.79 Å². The Balaban J connectivity index is 2.19. The number of amides is 1. The van der Waals surface area contributed by atoms with Crippen molar-refractivity contribution < 1.29 is 4.79 Å². The van der Waals surface area contributed by atoms with Crippen molar-refractivity contribution >= 4 is 48.7 Å². The van der Waals surface area contributed by atoms with E-state index in [9.17, 15) is 4.79 Å². The molecular weight excluding hydrogens is 360 g/mol. The number of benzene rings is 1. The SMILES string of the molecule is CCC(=O)NCCc1c(Br)[nH]c2ccc(Br)cc12. The standard InChI is InChI=1S/C13H14Br2N2O/c1-2-12(18)16-6-5-9-10-7-8(14)3-4-11(10)17-13(9)15/h3-4,7,17H,2,5-6H2,1H3,(H,16,18). The van der Waals surface area contributed by atoms with Crippen LogP contribution >= 0.6 is 31.9 Å². The third kappa shape index (κ3) is 2.95. The Morgan fingerprint density at radius 2 is 2.17 bits per heavy atom. The summed E-state index contributed by atoms with van der Waals surface area (Å²) in [7, 11) is 0. The van der Waals surface area contributed by atoms with Crippen LogP contribution in [-0.4, -0.2) is 17.4 Å². The van der Waals surface area contributed by atoms with E-state index in [1.807, 2.05) is 19.1 Å². The summed E-state index contributed by atoms with van der Waals surface area (Å²) in [4.78, 5) is 14.5. The number of hydrogen-bond donors (Lipinski definition) is 2. The van der Waals surface area contributed by atoms with Gasteiger partial charge in [-0.2, -0.15) is 0 Å². The highest BCUT2D eigenvalue weighted by Gasteiger charge is 2.10. The van der Waals surface area contributed by atoms with E-state index in [4.69, 9.17) is 0 Å². The predicted octanol–water partition coefficient (Wildman–Crippen LogP) is 3.76. The van der Waals surface area contributed by atoms with Crippen LogP contribution in [-0.2, 0) is 11.2 Å². The number of nitrogens with one attached hydrogen (secondary N) is 2. The lowest BCUT2D eigenvalue weighted by atomic mass is 10.1.